The molecule has 6 heteroatoms. The van der Waals surface area contributed by atoms with E-state index in [-0.39, 0.29) is 11.5 Å². The van der Waals surface area contributed by atoms with Crippen LogP contribution in [-0.4, -0.2) is 14.7 Å². The fraction of sp³-hybridized carbons (Fsp3) is 0.182. The summed E-state index contributed by atoms with van der Waals surface area (Å²) in [6, 6.07) is 7.45. The molecule has 1 aromatic heterocycles. The Morgan fingerprint density at radius 2 is 2.00 bits per heavy atom. The molecule has 17 heavy (non-hydrogen) atoms. The van der Waals surface area contributed by atoms with E-state index in [2.05, 4.69) is 5.10 Å². The average molecular weight is 232 g/mol. The van der Waals surface area contributed by atoms with Crippen LogP contribution in [0.25, 0.3) is 5.69 Å². The normalized spacial score (nSPS) is 10.5. The van der Waals surface area contributed by atoms with Crippen LogP contribution in [0, 0.1) is 24.0 Å². The zero-order chi connectivity index (χ0) is 12.6. The van der Waals surface area contributed by atoms with Crippen molar-refractivity contribution in [1.29, 1.82) is 0 Å². The molecule has 0 saturated heterocycles. The van der Waals surface area contributed by atoms with Gasteiger partial charge in [-0.25, -0.2) is 4.68 Å². The predicted molar refractivity (Wildman–Crippen MR) is 64.1 cm³/mol. The van der Waals surface area contributed by atoms with Crippen LogP contribution >= 0.6 is 0 Å². The van der Waals surface area contributed by atoms with Gasteiger partial charge >= 0.3 is 5.69 Å². The van der Waals surface area contributed by atoms with E-state index in [4.69, 9.17) is 5.73 Å². The lowest BCUT2D eigenvalue weighted by atomic mass is 10.2. The van der Waals surface area contributed by atoms with Gasteiger partial charge in [-0.3, -0.25) is 10.1 Å². The fourth-order valence-electron chi connectivity index (χ4n) is 1.75. The Kier molecular flexibility index (Phi) is 2.55. The maximum atomic E-state index is 10.8. The number of nitrogen functional groups attached to an aromatic ring is 1. The van der Waals surface area contributed by atoms with Gasteiger partial charge in [-0.15, -0.1) is 0 Å². The van der Waals surface area contributed by atoms with E-state index in [1.807, 2.05) is 31.2 Å². The van der Waals surface area contributed by atoms with E-state index in [0.29, 0.717) is 5.69 Å². The van der Waals surface area contributed by atoms with Crippen LogP contribution in [0.3, 0.4) is 0 Å². The van der Waals surface area contributed by atoms with Crippen molar-refractivity contribution >= 4 is 11.5 Å². The van der Waals surface area contributed by atoms with Gasteiger partial charge in [-0.1, -0.05) is 18.2 Å². The van der Waals surface area contributed by atoms with Gasteiger partial charge in [-0.2, -0.15) is 5.10 Å². The zero-order valence-corrected chi connectivity index (χ0v) is 9.54. The summed E-state index contributed by atoms with van der Waals surface area (Å²) in [6.07, 6.45) is 0. The number of nitrogens with zero attached hydrogens (tertiary/aromatic N) is 3. The molecule has 0 unspecified atom stereocenters. The Bertz CT molecular complexity index is 589. The van der Waals surface area contributed by atoms with Crippen molar-refractivity contribution in [2.75, 3.05) is 5.73 Å². The number of benzene rings is 1. The average Bonchev–Trinajstić information content (AvgIpc) is 2.55. The number of aryl methyl sites for hydroxylation is 2. The summed E-state index contributed by atoms with van der Waals surface area (Å²) in [7, 11) is 0. The topological polar surface area (TPSA) is 87.0 Å². The summed E-state index contributed by atoms with van der Waals surface area (Å²) in [5.41, 5.74) is 7.66. The minimum atomic E-state index is -0.507. The minimum Gasteiger partial charge on any atom is -0.378 e. The number of para-hydroxylation sites is 1. The van der Waals surface area contributed by atoms with E-state index in [1.54, 1.807) is 6.92 Å². The Labute approximate surface area is 97.8 Å². The number of anilines is 1. The largest absolute Gasteiger partial charge is 0.378 e. The van der Waals surface area contributed by atoms with Gasteiger partial charge in [0, 0.05) is 0 Å². The molecule has 0 amide bonds. The third-order valence-electron chi connectivity index (χ3n) is 2.59. The highest BCUT2D eigenvalue weighted by molar-refractivity contribution is 5.60. The zero-order valence-electron chi connectivity index (χ0n) is 9.54. The SMILES string of the molecule is Cc1ccccc1-n1nc(C)c([N+](=O)[O-])c1N. The van der Waals surface area contributed by atoms with Crippen molar-refractivity contribution in [2.24, 2.45) is 0 Å². The predicted octanol–water partition coefficient (Wildman–Crippen LogP) is 1.98. The van der Waals surface area contributed by atoms with E-state index in [1.165, 1.54) is 4.68 Å². The minimum absolute atomic E-state index is 0.0572. The number of hydrogen-bond acceptors (Lipinski definition) is 4. The van der Waals surface area contributed by atoms with Gasteiger partial charge in [-0.05, 0) is 25.5 Å². The highest BCUT2D eigenvalue weighted by Gasteiger charge is 2.23. The van der Waals surface area contributed by atoms with Gasteiger partial charge in [0.1, 0.15) is 5.69 Å². The first kappa shape index (κ1) is 11.1. The molecule has 0 aliphatic carbocycles. The van der Waals surface area contributed by atoms with E-state index < -0.39 is 4.92 Å². The molecule has 0 aliphatic heterocycles. The molecule has 0 atom stereocenters. The lowest BCUT2D eigenvalue weighted by molar-refractivity contribution is -0.384. The maximum Gasteiger partial charge on any atom is 0.333 e. The summed E-state index contributed by atoms with van der Waals surface area (Å²) in [5.74, 6) is 0.0572. The summed E-state index contributed by atoms with van der Waals surface area (Å²) in [4.78, 5) is 10.3. The van der Waals surface area contributed by atoms with E-state index in [9.17, 15) is 10.1 Å². The first-order valence-corrected chi connectivity index (χ1v) is 5.08. The summed E-state index contributed by atoms with van der Waals surface area (Å²) >= 11 is 0. The number of nitrogens with two attached hydrogens (primary N) is 1. The van der Waals surface area contributed by atoms with Gasteiger partial charge in [0.15, 0.2) is 0 Å². The van der Waals surface area contributed by atoms with Gasteiger partial charge in [0.2, 0.25) is 5.82 Å². The number of aromatic nitrogens is 2. The molecule has 0 saturated carbocycles. The standard InChI is InChI=1S/C11H12N4O2/c1-7-5-3-4-6-9(7)14-11(12)10(15(16)17)8(2)13-14/h3-6H,12H2,1-2H3. The Balaban J connectivity index is 2.66. The second-order valence-electron chi connectivity index (χ2n) is 3.77. The molecule has 0 radical (unpaired) electrons. The molecular weight excluding hydrogens is 220 g/mol. The van der Waals surface area contributed by atoms with Gasteiger partial charge in [0.05, 0.1) is 10.6 Å². The van der Waals surface area contributed by atoms with Crippen LogP contribution in [0.15, 0.2) is 24.3 Å². The molecule has 0 bridgehead atoms. The molecule has 6 nitrogen and oxygen atoms in total. The molecule has 0 fully saturated rings. The molecule has 2 rings (SSSR count). The Morgan fingerprint density at radius 3 is 2.53 bits per heavy atom. The monoisotopic (exact) mass is 232 g/mol. The van der Waals surface area contributed by atoms with E-state index >= 15 is 0 Å². The highest BCUT2D eigenvalue weighted by Crippen LogP contribution is 2.28. The highest BCUT2D eigenvalue weighted by atomic mass is 16.6. The maximum absolute atomic E-state index is 10.8. The van der Waals surface area contributed by atoms with E-state index in [0.717, 1.165) is 11.3 Å². The van der Waals surface area contributed by atoms with Crippen LogP contribution in [0.2, 0.25) is 0 Å². The van der Waals surface area contributed by atoms with Gasteiger partial charge < -0.3 is 5.73 Å². The van der Waals surface area contributed by atoms with Crippen LogP contribution in [0.5, 0.6) is 0 Å². The summed E-state index contributed by atoms with van der Waals surface area (Å²) < 4.78 is 1.41. The second-order valence-corrected chi connectivity index (χ2v) is 3.77. The molecule has 0 aliphatic rings. The first-order chi connectivity index (χ1) is 8.02. The number of hydrogen-bond donors (Lipinski definition) is 1. The van der Waals surface area contributed by atoms with Crippen LogP contribution in [-0.2, 0) is 0 Å². The van der Waals surface area contributed by atoms with Gasteiger partial charge in [0.25, 0.3) is 0 Å². The van der Waals surface area contributed by atoms with Crippen molar-refractivity contribution < 1.29 is 4.92 Å². The number of rotatable bonds is 2. The molecule has 0 spiro atoms. The quantitative estimate of drug-likeness (QED) is 0.633. The third kappa shape index (κ3) is 1.73. The van der Waals surface area contributed by atoms with Crippen molar-refractivity contribution in [3.05, 3.63) is 45.6 Å². The Hall–Kier alpha value is -2.37. The summed E-state index contributed by atoms with van der Waals surface area (Å²) in [6.45, 7) is 3.47. The molecule has 88 valence electrons. The van der Waals surface area contributed by atoms with Crippen LogP contribution in [0.1, 0.15) is 11.3 Å². The fourth-order valence-corrected chi connectivity index (χ4v) is 1.75. The van der Waals surface area contributed by atoms with Crippen molar-refractivity contribution in [2.45, 2.75) is 13.8 Å². The van der Waals surface area contributed by atoms with Crippen LogP contribution < -0.4 is 5.73 Å². The molecule has 1 aromatic carbocycles. The van der Waals surface area contributed by atoms with Crippen molar-refractivity contribution in [3.8, 4) is 5.69 Å². The lowest BCUT2D eigenvalue weighted by Gasteiger charge is -2.06. The number of nitro groups is 1. The molecule has 2 aromatic rings. The van der Waals surface area contributed by atoms with Crippen molar-refractivity contribution in [3.63, 3.8) is 0 Å². The molecular formula is C11H12N4O2. The summed E-state index contributed by atoms with van der Waals surface area (Å²) in [5, 5.41) is 15.0. The Morgan fingerprint density at radius 1 is 1.35 bits per heavy atom. The molecule has 1 heterocycles. The smallest absolute Gasteiger partial charge is 0.333 e. The van der Waals surface area contributed by atoms with Crippen molar-refractivity contribution in [1.82, 2.24) is 9.78 Å². The third-order valence-corrected chi connectivity index (χ3v) is 2.59. The first-order valence-electron chi connectivity index (χ1n) is 5.08. The molecule has 2 N–H and O–H groups in total. The van der Waals surface area contributed by atoms with Crippen LogP contribution in [0.4, 0.5) is 11.5 Å². The second kappa shape index (κ2) is 3.89. The lowest BCUT2D eigenvalue weighted by Crippen LogP contribution is -2.04.